The van der Waals surface area contributed by atoms with Gasteiger partial charge in [-0.1, -0.05) is 58.5 Å². The summed E-state index contributed by atoms with van der Waals surface area (Å²) in [6.45, 7) is 15.9. The molecule has 0 unspecified atom stereocenters. The number of hydrogen-bond acceptors (Lipinski definition) is 4. The van der Waals surface area contributed by atoms with Gasteiger partial charge in [0.05, 0.1) is 5.75 Å². The summed E-state index contributed by atoms with van der Waals surface area (Å²) in [5.74, 6) is 1.63. The van der Waals surface area contributed by atoms with Gasteiger partial charge in [0.25, 0.3) is 0 Å². The summed E-state index contributed by atoms with van der Waals surface area (Å²) >= 11 is 1.43. The van der Waals surface area contributed by atoms with Gasteiger partial charge in [-0.2, -0.15) is 0 Å². The van der Waals surface area contributed by atoms with Gasteiger partial charge in [-0.25, -0.2) is 0 Å². The summed E-state index contributed by atoms with van der Waals surface area (Å²) < 4.78 is 1.96. The third-order valence-electron chi connectivity index (χ3n) is 4.98. The largest absolute Gasteiger partial charge is 0.355 e. The van der Waals surface area contributed by atoms with Crippen LogP contribution >= 0.6 is 11.8 Å². The van der Waals surface area contributed by atoms with Gasteiger partial charge in [0.1, 0.15) is 5.82 Å². The zero-order valence-corrected chi connectivity index (χ0v) is 19.3. The van der Waals surface area contributed by atoms with E-state index in [4.69, 9.17) is 0 Å². The molecule has 1 heterocycles. The molecule has 0 aliphatic heterocycles. The van der Waals surface area contributed by atoms with Gasteiger partial charge < -0.3 is 9.88 Å². The van der Waals surface area contributed by atoms with E-state index in [1.165, 1.54) is 34.0 Å². The van der Waals surface area contributed by atoms with Crippen LogP contribution in [0.2, 0.25) is 0 Å². The molecular formula is C22H34N4OS. The third-order valence-corrected chi connectivity index (χ3v) is 6.00. The van der Waals surface area contributed by atoms with Crippen LogP contribution in [0.3, 0.4) is 0 Å². The maximum atomic E-state index is 12.2. The Morgan fingerprint density at radius 2 is 1.79 bits per heavy atom. The van der Waals surface area contributed by atoms with E-state index in [-0.39, 0.29) is 11.3 Å². The van der Waals surface area contributed by atoms with Gasteiger partial charge in [-0.05, 0) is 47.9 Å². The molecule has 1 N–H and O–H groups in total. The van der Waals surface area contributed by atoms with Crippen molar-refractivity contribution in [2.75, 3.05) is 12.3 Å². The minimum absolute atomic E-state index is 0.0284. The first-order valence-corrected chi connectivity index (χ1v) is 10.9. The first kappa shape index (κ1) is 22.5. The number of aromatic nitrogens is 3. The fourth-order valence-electron chi connectivity index (χ4n) is 3.28. The average molecular weight is 403 g/mol. The predicted octanol–water partition coefficient (Wildman–Crippen LogP) is 4.30. The van der Waals surface area contributed by atoms with Crippen molar-refractivity contribution in [3.63, 3.8) is 0 Å². The van der Waals surface area contributed by atoms with Crippen LogP contribution in [0.5, 0.6) is 0 Å². The number of thioether (sulfide) groups is 1. The maximum absolute atomic E-state index is 12.2. The smallest absolute Gasteiger partial charge is 0.230 e. The summed E-state index contributed by atoms with van der Waals surface area (Å²) in [7, 11) is 1.95. The van der Waals surface area contributed by atoms with Gasteiger partial charge in [0.2, 0.25) is 5.91 Å². The van der Waals surface area contributed by atoms with E-state index in [0.29, 0.717) is 18.2 Å². The van der Waals surface area contributed by atoms with Crippen molar-refractivity contribution in [1.29, 1.82) is 0 Å². The lowest BCUT2D eigenvalue weighted by molar-refractivity contribution is -0.118. The quantitative estimate of drug-likeness (QED) is 0.701. The lowest BCUT2D eigenvalue weighted by Gasteiger charge is -2.22. The van der Waals surface area contributed by atoms with Crippen molar-refractivity contribution in [2.45, 2.75) is 71.4 Å². The van der Waals surface area contributed by atoms with Crippen molar-refractivity contribution in [2.24, 2.45) is 7.05 Å². The Hall–Kier alpha value is -1.82. The van der Waals surface area contributed by atoms with E-state index in [1.54, 1.807) is 0 Å². The molecule has 0 saturated heterocycles. The SMILES string of the molecule is Cc1cc(C(C)(C)C)cc(C)c1CCNC(=O)CSc1nnc(C(C)C)n1C. The van der Waals surface area contributed by atoms with Crippen molar-refractivity contribution >= 4 is 17.7 Å². The first-order valence-electron chi connectivity index (χ1n) is 9.90. The monoisotopic (exact) mass is 402 g/mol. The number of benzene rings is 1. The molecule has 154 valence electrons. The summed E-state index contributed by atoms with van der Waals surface area (Å²) in [6, 6.07) is 4.56. The number of aryl methyl sites for hydroxylation is 2. The molecule has 0 aliphatic carbocycles. The molecule has 0 radical (unpaired) electrons. The molecule has 1 aromatic heterocycles. The van der Waals surface area contributed by atoms with E-state index in [9.17, 15) is 4.79 Å². The van der Waals surface area contributed by atoms with Crippen molar-refractivity contribution in [3.05, 3.63) is 40.2 Å². The lowest BCUT2D eigenvalue weighted by Crippen LogP contribution is -2.27. The summed E-state index contributed by atoms with van der Waals surface area (Å²) in [5, 5.41) is 12.2. The molecule has 28 heavy (non-hydrogen) atoms. The van der Waals surface area contributed by atoms with Crippen LogP contribution in [0.15, 0.2) is 17.3 Å². The molecule has 0 aliphatic rings. The number of carbonyl (C=O) groups excluding carboxylic acids is 1. The average Bonchev–Trinajstić information content (AvgIpc) is 2.95. The number of hydrogen-bond donors (Lipinski definition) is 1. The lowest BCUT2D eigenvalue weighted by atomic mass is 9.83. The first-order chi connectivity index (χ1) is 13.0. The number of amides is 1. The van der Waals surface area contributed by atoms with Crippen LogP contribution in [0, 0.1) is 13.8 Å². The number of nitrogens with zero attached hydrogens (tertiary/aromatic N) is 3. The van der Waals surface area contributed by atoms with Crippen molar-refractivity contribution in [3.8, 4) is 0 Å². The van der Waals surface area contributed by atoms with Gasteiger partial charge in [-0.3, -0.25) is 4.79 Å². The Kier molecular flexibility index (Phi) is 7.32. The van der Waals surface area contributed by atoms with E-state index in [0.717, 1.165) is 17.4 Å². The van der Waals surface area contributed by atoms with Crippen LogP contribution in [-0.4, -0.2) is 33.0 Å². The summed E-state index contributed by atoms with van der Waals surface area (Å²) in [4.78, 5) is 12.2. The normalized spacial score (nSPS) is 11.9. The third kappa shape index (κ3) is 5.60. The Bertz CT molecular complexity index is 811. The Balaban J connectivity index is 1.87. The Morgan fingerprint density at radius 3 is 2.29 bits per heavy atom. The minimum Gasteiger partial charge on any atom is -0.355 e. The second-order valence-corrected chi connectivity index (χ2v) is 9.72. The minimum atomic E-state index is 0.0284. The highest BCUT2D eigenvalue weighted by molar-refractivity contribution is 7.99. The second-order valence-electron chi connectivity index (χ2n) is 8.78. The Labute approximate surface area is 173 Å². The highest BCUT2D eigenvalue weighted by atomic mass is 32.2. The molecule has 2 rings (SSSR count). The molecule has 5 nitrogen and oxygen atoms in total. The molecule has 0 fully saturated rings. The van der Waals surface area contributed by atoms with Crippen molar-refractivity contribution in [1.82, 2.24) is 20.1 Å². The van der Waals surface area contributed by atoms with E-state index in [2.05, 4.69) is 76.1 Å². The number of rotatable bonds is 7. The molecule has 1 amide bonds. The van der Waals surface area contributed by atoms with Crippen LogP contribution in [0.1, 0.15) is 68.6 Å². The molecule has 0 spiro atoms. The fraction of sp³-hybridized carbons (Fsp3) is 0.591. The van der Waals surface area contributed by atoms with Crippen LogP contribution < -0.4 is 5.32 Å². The zero-order valence-electron chi connectivity index (χ0n) is 18.5. The maximum Gasteiger partial charge on any atom is 0.230 e. The molecule has 2 aromatic rings. The van der Waals surface area contributed by atoms with Crippen molar-refractivity contribution < 1.29 is 4.79 Å². The Morgan fingerprint density at radius 1 is 1.18 bits per heavy atom. The number of nitrogens with one attached hydrogen (secondary N) is 1. The standard InChI is InChI=1S/C22H34N4OS/c1-14(2)20-24-25-21(26(20)8)28-13-19(27)23-10-9-18-15(3)11-17(12-16(18)4)22(5,6)7/h11-12,14H,9-10,13H2,1-8H3,(H,23,27). The van der Waals surface area contributed by atoms with Gasteiger partial charge in [0.15, 0.2) is 5.16 Å². The fourth-order valence-corrected chi connectivity index (χ4v) is 4.03. The highest BCUT2D eigenvalue weighted by Gasteiger charge is 2.17. The van der Waals surface area contributed by atoms with E-state index in [1.807, 2.05) is 11.6 Å². The van der Waals surface area contributed by atoms with Gasteiger partial charge in [-0.15, -0.1) is 10.2 Å². The van der Waals surface area contributed by atoms with Gasteiger partial charge >= 0.3 is 0 Å². The molecule has 0 atom stereocenters. The van der Waals surface area contributed by atoms with E-state index < -0.39 is 0 Å². The van der Waals surface area contributed by atoms with Gasteiger partial charge in [0, 0.05) is 19.5 Å². The molecule has 0 bridgehead atoms. The van der Waals surface area contributed by atoms with Crippen LogP contribution in [0.25, 0.3) is 0 Å². The molecule has 1 aromatic carbocycles. The second kappa shape index (κ2) is 9.12. The molecular weight excluding hydrogens is 368 g/mol. The molecule has 6 heteroatoms. The predicted molar refractivity (Wildman–Crippen MR) is 117 cm³/mol. The topological polar surface area (TPSA) is 59.8 Å². The van der Waals surface area contributed by atoms with Crippen LogP contribution in [-0.2, 0) is 23.7 Å². The van der Waals surface area contributed by atoms with Crippen LogP contribution in [0.4, 0.5) is 0 Å². The zero-order chi connectivity index (χ0) is 21.1. The summed E-state index contributed by atoms with van der Waals surface area (Å²) in [6.07, 6.45) is 0.847. The highest BCUT2D eigenvalue weighted by Crippen LogP contribution is 2.27. The van der Waals surface area contributed by atoms with E-state index >= 15 is 0 Å². The molecule has 0 saturated carbocycles. The number of carbonyl (C=O) groups is 1. The summed E-state index contributed by atoms with van der Waals surface area (Å²) in [5.41, 5.74) is 5.43.